The fourth-order valence-electron chi connectivity index (χ4n) is 5.63. The number of para-hydroxylation sites is 1. The molecular weight excluding hydrogens is 408 g/mol. The Balaban J connectivity index is 1.65. The van der Waals surface area contributed by atoms with Crippen LogP contribution in [0.15, 0.2) is 59.5 Å². The molecule has 1 aliphatic heterocycles. The molecule has 3 unspecified atom stereocenters. The maximum absolute atomic E-state index is 13.8. The number of hydrogen-bond acceptors (Lipinski definition) is 3. The molecule has 3 aliphatic rings. The van der Waals surface area contributed by atoms with Crippen LogP contribution in [0, 0.1) is 5.92 Å². The summed E-state index contributed by atoms with van der Waals surface area (Å²) >= 11 is 0. The van der Waals surface area contributed by atoms with E-state index in [1.165, 1.54) is 0 Å². The maximum Gasteiger partial charge on any atom is 0.264 e. The van der Waals surface area contributed by atoms with Crippen LogP contribution < -0.4 is 4.31 Å². The van der Waals surface area contributed by atoms with Crippen LogP contribution in [0.1, 0.15) is 63.5 Å². The summed E-state index contributed by atoms with van der Waals surface area (Å²) in [4.78, 5) is 15.7. The fourth-order valence-corrected chi connectivity index (χ4v) is 7.40. The van der Waals surface area contributed by atoms with E-state index >= 15 is 0 Å². The predicted octanol–water partition coefficient (Wildman–Crippen LogP) is 4.90. The van der Waals surface area contributed by atoms with Gasteiger partial charge in [0.05, 0.1) is 22.7 Å². The molecule has 164 valence electrons. The second kappa shape index (κ2) is 7.97. The Morgan fingerprint density at radius 3 is 2.42 bits per heavy atom. The zero-order valence-electron chi connectivity index (χ0n) is 18.0. The standard InChI is InChI=1S/C25H30N2O3S/c1-2-9-24(28)26(18-16-17-18)25-20-12-6-7-14-22(20)27(23-15-8-13-21(23)25)31(29,30)19-10-4-3-5-11-19/h3-7,10-12,14,18,21,23,25H,2,8-9,13,15-17H2,1H3. The van der Waals surface area contributed by atoms with Crippen LogP contribution in [0.25, 0.3) is 0 Å². The van der Waals surface area contributed by atoms with Gasteiger partial charge >= 0.3 is 0 Å². The van der Waals surface area contributed by atoms with Gasteiger partial charge in [-0.1, -0.05) is 49.7 Å². The first kappa shape index (κ1) is 20.6. The molecule has 0 radical (unpaired) electrons. The summed E-state index contributed by atoms with van der Waals surface area (Å²) in [7, 11) is -3.68. The van der Waals surface area contributed by atoms with Gasteiger partial charge in [-0.25, -0.2) is 8.42 Å². The van der Waals surface area contributed by atoms with Crippen molar-refractivity contribution in [2.24, 2.45) is 5.92 Å². The lowest BCUT2D eigenvalue weighted by atomic mass is 9.82. The van der Waals surface area contributed by atoms with E-state index in [-0.39, 0.29) is 23.9 Å². The summed E-state index contributed by atoms with van der Waals surface area (Å²) in [5, 5.41) is 0. The van der Waals surface area contributed by atoms with Crippen LogP contribution in [0.5, 0.6) is 0 Å². The van der Waals surface area contributed by atoms with Crippen molar-refractivity contribution in [3.8, 4) is 0 Å². The minimum atomic E-state index is -3.68. The van der Waals surface area contributed by atoms with Crippen LogP contribution in [-0.4, -0.2) is 31.3 Å². The van der Waals surface area contributed by atoms with Gasteiger partial charge in [0.2, 0.25) is 5.91 Å². The number of hydrogen-bond donors (Lipinski definition) is 0. The van der Waals surface area contributed by atoms with Gasteiger partial charge < -0.3 is 4.90 Å². The summed E-state index contributed by atoms with van der Waals surface area (Å²) in [5.74, 6) is 0.351. The van der Waals surface area contributed by atoms with Crippen molar-refractivity contribution in [2.75, 3.05) is 4.31 Å². The van der Waals surface area contributed by atoms with Crippen molar-refractivity contribution in [3.05, 3.63) is 60.2 Å². The zero-order valence-corrected chi connectivity index (χ0v) is 18.8. The molecule has 0 N–H and O–H groups in total. The van der Waals surface area contributed by atoms with Crippen LogP contribution >= 0.6 is 0 Å². The molecule has 0 aromatic heterocycles. The van der Waals surface area contributed by atoms with Gasteiger partial charge in [-0.3, -0.25) is 9.10 Å². The third kappa shape index (κ3) is 3.45. The third-order valence-electron chi connectivity index (χ3n) is 7.02. The van der Waals surface area contributed by atoms with Gasteiger partial charge in [0.15, 0.2) is 0 Å². The molecule has 2 aromatic carbocycles. The minimum absolute atomic E-state index is 0.0301. The normalized spacial score (nSPS) is 25.1. The third-order valence-corrected chi connectivity index (χ3v) is 8.88. The average Bonchev–Trinajstić information content (AvgIpc) is 3.50. The highest BCUT2D eigenvalue weighted by Gasteiger charge is 2.52. The average molecular weight is 439 g/mol. The summed E-state index contributed by atoms with van der Waals surface area (Å²) in [6.07, 6.45) is 6.27. The van der Waals surface area contributed by atoms with Gasteiger partial charge in [0, 0.05) is 18.4 Å². The zero-order chi connectivity index (χ0) is 21.6. The molecule has 1 amide bonds. The maximum atomic E-state index is 13.8. The number of anilines is 1. The Morgan fingerprint density at radius 2 is 1.71 bits per heavy atom. The molecule has 0 spiro atoms. The van der Waals surface area contributed by atoms with E-state index in [2.05, 4.69) is 4.90 Å². The number of fused-ring (bicyclic) bond motifs is 2. The van der Waals surface area contributed by atoms with E-state index in [1.807, 2.05) is 37.3 Å². The van der Waals surface area contributed by atoms with Crippen LogP contribution in [0.2, 0.25) is 0 Å². The SMILES string of the molecule is CCCC(=O)N(C1CC1)C1c2ccccc2N(S(=O)(=O)c2ccccc2)C2CCCC12. The number of carbonyl (C=O) groups excluding carboxylic acids is 1. The first-order valence-corrected chi connectivity index (χ1v) is 13.0. The molecule has 5 rings (SSSR count). The Morgan fingerprint density at radius 1 is 1.00 bits per heavy atom. The van der Waals surface area contributed by atoms with Crippen molar-refractivity contribution in [2.45, 2.75) is 74.9 Å². The van der Waals surface area contributed by atoms with E-state index < -0.39 is 10.0 Å². The number of benzene rings is 2. The second-order valence-corrected chi connectivity index (χ2v) is 10.9. The van der Waals surface area contributed by atoms with E-state index in [0.717, 1.165) is 49.8 Å². The lowest BCUT2D eigenvalue weighted by Gasteiger charge is -2.48. The van der Waals surface area contributed by atoms with E-state index in [9.17, 15) is 13.2 Å². The topological polar surface area (TPSA) is 57.7 Å². The highest BCUT2D eigenvalue weighted by atomic mass is 32.2. The largest absolute Gasteiger partial charge is 0.332 e. The Kier molecular flexibility index (Phi) is 5.29. The molecule has 2 fully saturated rings. The van der Waals surface area contributed by atoms with Gasteiger partial charge in [-0.2, -0.15) is 0 Å². The van der Waals surface area contributed by atoms with E-state index in [1.54, 1.807) is 28.6 Å². The first-order valence-electron chi connectivity index (χ1n) is 11.5. The van der Waals surface area contributed by atoms with Gasteiger partial charge in [0.25, 0.3) is 10.0 Å². The molecule has 31 heavy (non-hydrogen) atoms. The van der Waals surface area contributed by atoms with E-state index in [4.69, 9.17) is 0 Å². The smallest absolute Gasteiger partial charge is 0.264 e. The molecule has 0 saturated heterocycles. The van der Waals surface area contributed by atoms with Crippen molar-refractivity contribution in [3.63, 3.8) is 0 Å². The van der Waals surface area contributed by atoms with Crippen LogP contribution in [-0.2, 0) is 14.8 Å². The second-order valence-electron chi connectivity index (χ2n) is 9.06. The summed E-state index contributed by atoms with van der Waals surface area (Å²) in [6.45, 7) is 2.05. The van der Waals surface area contributed by atoms with Gasteiger partial charge in [-0.15, -0.1) is 0 Å². The number of carbonyl (C=O) groups is 1. The van der Waals surface area contributed by atoms with Gasteiger partial charge in [0.1, 0.15) is 0 Å². The van der Waals surface area contributed by atoms with Crippen molar-refractivity contribution < 1.29 is 13.2 Å². The van der Waals surface area contributed by atoms with Gasteiger partial charge in [-0.05, 0) is 55.9 Å². The first-order chi connectivity index (χ1) is 15.0. The molecule has 6 heteroatoms. The molecule has 3 atom stereocenters. The Bertz CT molecular complexity index is 1070. The van der Waals surface area contributed by atoms with Crippen molar-refractivity contribution >= 4 is 21.6 Å². The fraction of sp³-hybridized carbons (Fsp3) is 0.480. The quantitative estimate of drug-likeness (QED) is 0.645. The Labute approximate surface area is 185 Å². The van der Waals surface area contributed by atoms with Crippen molar-refractivity contribution in [1.82, 2.24) is 4.90 Å². The summed E-state index contributed by atoms with van der Waals surface area (Å²) in [5.41, 5.74) is 1.73. The number of amides is 1. The van der Waals surface area contributed by atoms with Crippen LogP contribution in [0.4, 0.5) is 5.69 Å². The highest BCUT2D eigenvalue weighted by Crippen LogP contribution is 2.53. The van der Waals surface area contributed by atoms with Crippen LogP contribution in [0.3, 0.4) is 0 Å². The Hall–Kier alpha value is -2.34. The summed E-state index contributed by atoms with van der Waals surface area (Å²) in [6, 6.07) is 16.7. The molecular formula is C25H30N2O3S. The minimum Gasteiger partial charge on any atom is -0.332 e. The number of nitrogens with zero attached hydrogens (tertiary/aromatic N) is 2. The molecule has 2 aromatic rings. The molecule has 2 aliphatic carbocycles. The monoisotopic (exact) mass is 438 g/mol. The number of sulfonamides is 1. The summed E-state index contributed by atoms with van der Waals surface area (Å²) < 4.78 is 29.3. The predicted molar refractivity (Wildman–Crippen MR) is 121 cm³/mol. The number of rotatable bonds is 6. The molecule has 0 bridgehead atoms. The molecule has 5 nitrogen and oxygen atoms in total. The lowest BCUT2D eigenvalue weighted by Crippen LogP contribution is -2.52. The lowest BCUT2D eigenvalue weighted by molar-refractivity contribution is -0.136. The molecule has 1 heterocycles. The van der Waals surface area contributed by atoms with E-state index in [0.29, 0.717) is 17.4 Å². The molecule has 2 saturated carbocycles. The highest BCUT2D eigenvalue weighted by molar-refractivity contribution is 7.92. The van der Waals surface area contributed by atoms with Crippen molar-refractivity contribution in [1.29, 1.82) is 0 Å².